The predicted molar refractivity (Wildman–Crippen MR) is 80.0 cm³/mol. The summed E-state index contributed by atoms with van der Waals surface area (Å²) in [5.74, 6) is -0.443. The van der Waals surface area contributed by atoms with Gasteiger partial charge in [-0.05, 0) is 42.8 Å². The predicted octanol–water partition coefficient (Wildman–Crippen LogP) is 5.30. The number of rotatable bonds is 2. The highest BCUT2D eigenvalue weighted by atomic mass is 19.4. The van der Waals surface area contributed by atoms with E-state index in [4.69, 9.17) is 4.74 Å². The second-order valence-electron chi connectivity index (χ2n) is 6.06. The molecule has 1 aliphatic rings. The minimum absolute atomic E-state index is 0.107. The second kappa shape index (κ2) is 5.75. The fourth-order valence-electron chi connectivity index (χ4n) is 2.96. The second-order valence-corrected chi connectivity index (χ2v) is 6.06. The molecule has 138 valence electrons. The molecule has 1 unspecified atom stereocenters. The van der Waals surface area contributed by atoms with E-state index in [-0.39, 0.29) is 22.7 Å². The number of fused-ring (bicyclic) bond motifs is 1. The number of alkyl halides is 6. The van der Waals surface area contributed by atoms with Gasteiger partial charge in [0, 0.05) is 17.5 Å². The summed E-state index contributed by atoms with van der Waals surface area (Å²) < 4.78 is 85.5. The third-order valence-electron chi connectivity index (χ3n) is 4.30. The van der Waals surface area contributed by atoms with Crippen LogP contribution in [0.25, 0.3) is 0 Å². The summed E-state index contributed by atoms with van der Waals surface area (Å²) in [6.45, 7) is 1.27. The van der Waals surface area contributed by atoms with Gasteiger partial charge in [0.2, 0.25) is 5.60 Å². The van der Waals surface area contributed by atoms with Crippen LogP contribution in [0.4, 0.5) is 26.3 Å². The molecule has 1 aliphatic heterocycles. The van der Waals surface area contributed by atoms with Crippen molar-refractivity contribution in [1.29, 1.82) is 0 Å². The van der Waals surface area contributed by atoms with Crippen molar-refractivity contribution in [1.82, 2.24) is 0 Å². The van der Waals surface area contributed by atoms with Gasteiger partial charge in [0.05, 0.1) is 5.56 Å². The SMILES string of the molecule is CC(=O)c1ccc2c(c1)CC(c1cccc(C(F)(F)F)c1)(C(F)(F)F)O2. The zero-order chi connectivity index (χ0) is 19.3. The Morgan fingerprint density at radius 2 is 1.73 bits per heavy atom. The molecular weight excluding hydrogens is 362 g/mol. The van der Waals surface area contributed by atoms with E-state index in [9.17, 15) is 31.1 Å². The molecule has 2 aromatic carbocycles. The molecule has 0 saturated heterocycles. The van der Waals surface area contributed by atoms with Crippen molar-refractivity contribution >= 4 is 5.78 Å². The normalized spacial score (nSPS) is 19.8. The minimum Gasteiger partial charge on any atom is -0.472 e. The van der Waals surface area contributed by atoms with Crippen LogP contribution < -0.4 is 4.74 Å². The number of Topliss-reactive ketones (excluding diaryl/α,β-unsaturated/α-hetero) is 1. The van der Waals surface area contributed by atoms with Crippen LogP contribution in [0, 0.1) is 0 Å². The standard InChI is InChI=1S/C18H12F6O2/c1-10(25)11-5-6-15-12(7-11)9-16(26-15,18(22,23)24)13-3-2-4-14(8-13)17(19,20)21/h2-8H,9H2,1H3. The van der Waals surface area contributed by atoms with Gasteiger partial charge in [0.25, 0.3) is 0 Å². The van der Waals surface area contributed by atoms with Gasteiger partial charge < -0.3 is 4.74 Å². The van der Waals surface area contributed by atoms with Crippen LogP contribution in [0.5, 0.6) is 5.75 Å². The van der Waals surface area contributed by atoms with Gasteiger partial charge in [-0.15, -0.1) is 0 Å². The van der Waals surface area contributed by atoms with Crippen molar-refractivity contribution in [3.8, 4) is 5.75 Å². The molecule has 0 bridgehead atoms. The highest BCUT2D eigenvalue weighted by Gasteiger charge is 2.61. The third kappa shape index (κ3) is 2.93. The Kier molecular flexibility index (Phi) is 4.05. The lowest BCUT2D eigenvalue weighted by atomic mass is 9.87. The summed E-state index contributed by atoms with van der Waals surface area (Å²) in [5, 5.41) is 0. The number of hydrogen-bond donors (Lipinski definition) is 0. The largest absolute Gasteiger partial charge is 0.472 e. The van der Waals surface area contributed by atoms with Gasteiger partial charge in [-0.3, -0.25) is 4.79 Å². The Balaban J connectivity index is 2.13. The maximum absolute atomic E-state index is 13.9. The zero-order valence-electron chi connectivity index (χ0n) is 13.3. The van der Waals surface area contributed by atoms with Gasteiger partial charge in [-0.1, -0.05) is 12.1 Å². The van der Waals surface area contributed by atoms with Crippen LogP contribution in [0.3, 0.4) is 0 Å². The molecule has 0 amide bonds. The van der Waals surface area contributed by atoms with Crippen LogP contribution in [0.2, 0.25) is 0 Å². The van der Waals surface area contributed by atoms with Crippen LogP contribution >= 0.6 is 0 Å². The van der Waals surface area contributed by atoms with E-state index in [0.29, 0.717) is 12.1 Å². The summed E-state index contributed by atoms with van der Waals surface area (Å²) in [7, 11) is 0. The monoisotopic (exact) mass is 374 g/mol. The van der Waals surface area contributed by atoms with Crippen LogP contribution in [0.15, 0.2) is 42.5 Å². The first kappa shape index (κ1) is 18.3. The summed E-state index contributed by atoms with van der Waals surface area (Å²) in [6, 6.07) is 6.85. The fourth-order valence-corrected chi connectivity index (χ4v) is 2.96. The summed E-state index contributed by atoms with van der Waals surface area (Å²) >= 11 is 0. The van der Waals surface area contributed by atoms with Gasteiger partial charge in [-0.25, -0.2) is 0 Å². The van der Waals surface area contributed by atoms with Crippen LogP contribution in [0.1, 0.15) is 34.0 Å². The average molecular weight is 374 g/mol. The summed E-state index contributed by atoms with van der Waals surface area (Å²) in [5.41, 5.74) is -4.45. The average Bonchev–Trinajstić information content (AvgIpc) is 2.94. The van der Waals surface area contributed by atoms with Gasteiger partial charge in [0.1, 0.15) is 5.75 Å². The molecule has 1 atom stereocenters. The van der Waals surface area contributed by atoms with Crippen LogP contribution in [-0.2, 0) is 18.2 Å². The van der Waals surface area contributed by atoms with Crippen molar-refractivity contribution in [3.05, 3.63) is 64.7 Å². The Hall–Kier alpha value is -2.51. The number of carbonyl (C=O) groups is 1. The van der Waals surface area contributed by atoms with Gasteiger partial charge >= 0.3 is 12.4 Å². The molecule has 2 nitrogen and oxygen atoms in total. The van der Waals surface area contributed by atoms with Gasteiger partial charge in [-0.2, -0.15) is 26.3 Å². The van der Waals surface area contributed by atoms with Crippen molar-refractivity contribution in [2.24, 2.45) is 0 Å². The van der Waals surface area contributed by atoms with Crippen molar-refractivity contribution in [2.45, 2.75) is 31.3 Å². The number of hydrogen-bond acceptors (Lipinski definition) is 2. The summed E-state index contributed by atoms with van der Waals surface area (Å²) in [4.78, 5) is 11.4. The molecule has 26 heavy (non-hydrogen) atoms. The Labute approximate surface area is 144 Å². The smallest absolute Gasteiger partial charge is 0.432 e. The molecule has 3 rings (SSSR count). The Morgan fingerprint density at radius 1 is 1.04 bits per heavy atom. The molecular formula is C18H12F6O2. The van der Waals surface area contributed by atoms with Gasteiger partial charge in [0.15, 0.2) is 5.78 Å². The minimum atomic E-state index is -4.97. The molecule has 0 radical (unpaired) electrons. The summed E-state index contributed by atoms with van der Waals surface area (Å²) in [6.07, 6.45) is -10.5. The van der Waals surface area contributed by atoms with Crippen LogP contribution in [-0.4, -0.2) is 12.0 Å². The Bertz CT molecular complexity index is 869. The maximum atomic E-state index is 13.9. The molecule has 8 heteroatoms. The third-order valence-corrected chi connectivity index (χ3v) is 4.30. The lowest BCUT2D eigenvalue weighted by Crippen LogP contribution is -2.46. The fraction of sp³-hybridized carbons (Fsp3) is 0.278. The first-order chi connectivity index (χ1) is 11.9. The van der Waals surface area contributed by atoms with E-state index < -0.39 is 35.5 Å². The topological polar surface area (TPSA) is 26.3 Å². The van der Waals surface area contributed by atoms with E-state index in [1.807, 2.05) is 0 Å². The van der Waals surface area contributed by atoms with E-state index in [1.54, 1.807) is 0 Å². The first-order valence-electron chi connectivity index (χ1n) is 7.51. The molecule has 1 heterocycles. The highest BCUT2D eigenvalue weighted by molar-refractivity contribution is 5.94. The molecule has 0 aromatic heterocycles. The number of ether oxygens (including phenoxy) is 1. The molecule has 0 saturated carbocycles. The molecule has 0 N–H and O–H groups in total. The number of benzene rings is 2. The Morgan fingerprint density at radius 3 is 2.31 bits per heavy atom. The number of halogens is 6. The van der Waals surface area contributed by atoms with E-state index in [2.05, 4.69) is 0 Å². The molecule has 0 fully saturated rings. The van der Waals surface area contributed by atoms with Crippen molar-refractivity contribution in [3.63, 3.8) is 0 Å². The van der Waals surface area contributed by atoms with E-state index in [0.717, 1.165) is 12.1 Å². The molecule has 0 aliphatic carbocycles. The highest BCUT2D eigenvalue weighted by Crippen LogP contribution is 2.51. The zero-order valence-corrected chi connectivity index (χ0v) is 13.3. The van der Waals surface area contributed by atoms with Crippen molar-refractivity contribution < 1.29 is 35.9 Å². The van der Waals surface area contributed by atoms with E-state index in [1.165, 1.54) is 25.1 Å². The molecule has 0 spiro atoms. The maximum Gasteiger partial charge on any atom is 0.432 e. The quantitative estimate of drug-likeness (QED) is 0.527. The first-order valence-corrected chi connectivity index (χ1v) is 7.51. The van der Waals surface area contributed by atoms with Crippen molar-refractivity contribution in [2.75, 3.05) is 0 Å². The lowest BCUT2D eigenvalue weighted by Gasteiger charge is -2.32. The molecule has 2 aromatic rings. The van der Waals surface area contributed by atoms with E-state index >= 15 is 0 Å². The lowest BCUT2D eigenvalue weighted by molar-refractivity contribution is -0.248. The number of ketones is 1. The number of carbonyl (C=O) groups excluding carboxylic acids is 1.